The molecule has 0 radical (unpaired) electrons. The van der Waals surface area contributed by atoms with Gasteiger partial charge >= 0.3 is 0 Å². The van der Waals surface area contributed by atoms with Gasteiger partial charge in [0, 0.05) is 6.54 Å². The number of piperidine rings is 1. The van der Waals surface area contributed by atoms with E-state index in [9.17, 15) is 4.39 Å². The molecule has 0 aromatic carbocycles. The summed E-state index contributed by atoms with van der Waals surface area (Å²) in [7, 11) is 0. The maximum atomic E-state index is 11.9. The summed E-state index contributed by atoms with van der Waals surface area (Å²) >= 11 is 0. The molecule has 0 aromatic rings. The van der Waals surface area contributed by atoms with E-state index in [4.69, 9.17) is 5.26 Å². The number of halogens is 1. The minimum Gasteiger partial charge on any atom is -0.301 e. The number of hydrogen-bond donors (Lipinski definition) is 0. The third kappa shape index (κ3) is 2.18. The van der Waals surface area contributed by atoms with Crippen LogP contribution in [-0.4, -0.2) is 31.2 Å². The van der Waals surface area contributed by atoms with Crippen molar-refractivity contribution in [2.24, 2.45) is 5.41 Å². The average Bonchev–Trinajstić information content (AvgIpc) is 2.10. The van der Waals surface area contributed by atoms with Crippen LogP contribution >= 0.6 is 0 Å². The maximum absolute atomic E-state index is 11.9. The summed E-state index contributed by atoms with van der Waals surface area (Å²) < 4.78 is 11.9. The zero-order valence-corrected chi connectivity index (χ0v) is 7.52. The second-order valence-corrected chi connectivity index (χ2v) is 3.70. The Bertz CT molecular complexity index is 177. The van der Waals surface area contributed by atoms with E-state index >= 15 is 0 Å². The summed E-state index contributed by atoms with van der Waals surface area (Å²) in [5, 5.41) is 8.82. The molecule has 1 saturated heterocycles. The van der Waals surface area contributed by atoms with Crippen molar-refractivity contribution < 1.29 is 4.39 Å². The lowest BCUT2D eigenvalue weighted by atomic mass is 9.82. The van der Waals surface area contributed by atoms with E-state index in [0.717, 1.165) is 25.9 Å². The number of hydrogen-bond acceptors (Lipinski definition) is 2. The molecule has 0 amide bonds. The molecule has 0 aromatic heterocycles. The van der Waals surface area contributed by atoms with Crippen LogP contribution in [0, 0.1) is 16.7 Å². The van der Waals surface area contributed by atoms with Gasteiger partial charge in [-0.25, -0.2) is 4.39 Å². The number of nitrogens with zero attached hydrogens (tertiary/aromatic N) is 2. The number of rotatable bonds is 2. The predicted octanol–water partition coefficient (Wildman–Crippen LogP) is 1.58. The van der Waals surface area contributed by atoms with Crippen molar-refractivity contribution in [3.63, 3.8) is 0 Å². The summed E-state index contributed by atoms with van der Waals surface area (Å²) in [4.78, 5) is 2.08. The minimum atomic E-state index is -0.275. The van der Waals surface area contributed by atoms with E-state index in [0.29, 0.717) is 6.54 Å². The van der Waals surface area contributed by atoms with E-state index in [1.807, 2.05) is 6.92 Å². The zero-order valence-electron chi connectivity index (χ0n) is 7.52. The first-order valence-corrected chi connectivity index (χ1v) is 4.40. The van der Waals surface area contributed by atoms with E-state index < -0.39 is 0 Å². The molecule has 0 bridgehead atoms. The van der Waals surface area contributed by atoms with Gasteiger partial charge in [-0.05, 0) is 32.9 Å². The van der Waals surface area contributed by atoms with Gasteiger partial charge in [-0.3, -0.25) is 0 Å². The van der Waals surface area contributed by atoms with Crippen molar-refractivity contribution in [1.82, 2.24) is 4.90 Å². The molecule has 0 spiro atoms. The van der Waals surface area contributed by atoms with Gasteiger partial charge in [-0.15, -0.1) is 0 Å². The normalized spacial score (nSPS) is 23.4. The Morgan fingerprint density at radius 2 is 2.08 bits per heavy atom. The summed E-state index contributed by atoms with van der Waals surface area (Å²) in [5.74, 6) is 0. The highest BCUT2D eigenvalue weighted by Gasteiger charge is 2.29. The molecule has 3 heteroatoms. The number of likely N-dealkylation sites (tertiary alicyclic amines) is 1. The molecule has 0 unspecified atom stereocenters. The Hall–Kier alpha value is -0.620. The Morgan fingerprint density at radius 3 is 2.50 bits per heavy atom. The van der Waals surface area contributed by atoms with Crippen LogP contribution < -0.4 is 0 Å². The van der Waals surface area contributed by atoms with E-state index in [-0.39, 0.29) is 12.1 Å². The fraction of sp³-hybridized carbons (Fsp3) is 0.889. The smallest absolute Gasteiger partial charge is 0.102 e. The molecule has 1 aliphatic heterocycles. The molecule has 1 fully saturated rings. The molecule has 1 rings (SSSR count). The zero-order chi connectivity index (χ0) is 9.03. The van der Waals surface area contributed by atoms with Crippen molar-refractivity contribution in [2.45, 2.75) is 19.8 Å². The lowest BCUT2D eigenvalue weighted by Gasteiger charge is -2.34. The van der Waals surface area contributed by atoms with Gasteiger partial charge < -0.3 is 4.90 Å². The summed E-state index contributed by atoms with van der Waals surface area (Å²) in [5.41, 5.74) is -0.160. The molecule has 0 aliphatic carbocycles. The van der Waals surface area contributed by atoms with E-state index in [1.165, 1.54) is 0 Å². The molecule has 68 valence electrons. The second kappa shape index (κ2) is 3.86. The Balaban J connectivity index is 2.35. The van der Waals surface area contributed by atoms with E-state index in [2.05, 4.69) is 11.0 Å². The second-order valence-electron chi connectivity index (χ2n) is 3.70. The fourth-order valence-electron chi connectivity index (χ4n) is 1.50. The first-order chi connectivity index (χ1) is 5.70. The topological polar surface area (TPSA) is 27.0 Å². The van der Waals surface area contributed by atoms with Crippen LogP contribution in [0.25, 0.3) is 0 Å². The lowest BCUT2D eigenvalue weighted by Crippen LogP contribution is -2.38. The van der Waals surface area contributed by atoms with Gasteiger partial charge in [0.1, 0.15) is 6.67 Å². The van der Waals surface area contributed by atoms with Crippen LogP contribution in [0.2, 0.25) is 0 Å². The van der Waals surface area contributed by atoms with Gasteiger partial charge in [0.2, 0.25) is 0 Å². The molecule has 0 N–H and O–H groups in total. The first kappa shape index (κ1) is 9.47. The number of nitriles is 1. The largest absolute Gasteiger partial charge is 0.301 e. The Labute approximate surface area is 73.0 Å². The van der Waals surface area contributed by atoms with Crippen LogP contribution in [0.15, 0.2) is 0 Å². The van der Waals surface area contributed by atoms with Gasteiger partial charge in [-0.2, -0.15) is 5.26 Å². The van der Waals surface area contributed by atoms with Gasteiger partial charge in [0.05, 0.1) is 11.5 Å². The SMILES string of the molecule is CC1(C#N)CCN(CCF)CC1. The van der Waals surface area contributed by atoms with Crippen molar-refractivity contribution in [3.8, 4) is 6.07 Å². The van der Waals surface area contributed by atoms with Crippen LogP contribution in [0.3, 0.4) is 0 Å². The molecule has 1 heterocycles. The van der Waals surface area contributed by atoms with E-state index in [1.54, 1.807) is 0 Å². The third-order valence-electron chi connectivity index (χ3n) is 2.63. The summed E-state index contributed by atoms with van der Waals surface area (Å²) in [6.45, 7) is 3.98. The van der Waals surface area contributed by atoms with Gasteiger partial charge in [0.25, 0.3) is 0 Å². The van der Waals surface area contributed by atoms with Crippen LogP contribution in [-0.2, 0) is 0 Å². The number of alkyl halides is 1. The molecule has 1 aliphatic rings. The van der Waals surface area contributed by atoms with Gasteiger partial charge in [-0.1, -0.05) is 0 Å². The monoisotopic (exact) mass is 170 g/mol. The molecule has 2 nitrogen and oxygen atoms in total. The average molecular weight is 170 g/mol. The quantitative estimate of drug-likeness (QED) is 0.629. The highest BCUT2D eigenvalue weighted by Crippen LogP contribution is 2.29. The standard InChI is InChI=1S/C9H15FN2/c1-9(8-11)2-5-12(6-3-9)7-4-10/h2-7H2,1H3. The van der Waals surface area contributed by atoms with Crippen LogP contribution in [0.5, 0.6) is 0 Å². The van der Waals surface area contributed by atoms with Crippen LogP contribution in [0.4, 0.5) is 4.39 Å². The summed E-state index contributed by atoms with van der Waals surface area (Å²) in [6.07, 6.45) is 1.76. The maximum Gasteiger partial charge on any atom is 0.102 e. The third-order valence-corrected chi connectivity index (χ3v) is 2.63. The minimum absolute atomic E-state index is 0.160. The lowest BCUT2D eigenvalue weighted by molar-refractivity contribution is 0.148. The van der Waals surface area contributed by atoms with Crippen molar-refractivity contribution in [3.05, 3.63) is 0 Å². The highest BCUT2D eigenvalue weighted by atomic mass is 19.1. The van der Waals surface area contributed by atoms with Crippen molar-refractivity contribution in [2.75, 3.05) is 26.3 Å². The Kier molecular flexibility index (Phi) is 3.05. The predicted molar refractivity (Wildman–Crippen MR) is 45.4 cm³/mol. The van der Waals surface area contributed by atoms with Crippen molar-refractivity contribution >= 4 is 0 Å². The molecular weight excluding hydrogens is 155 g/mol. The highest BCUT2D eigenvalue weighted by molar-refractivity contribution is 4.98. The van der Waals surface area contributed by atoms with Crippen molar-refractivity contribution in [1.29, 1.82) is 5.26 Å². The van der Waals surface area contributed by atoms with Crippen LogP contribution in [0.1, 0.15) is 19.8 Å². The molecular formula is C9H15FN2. The first-order valence-electron chi connectivity index (χ1n) is 4.40. The summed E-state index contributed by atoms with van der Waals surface area (Å²) in [6, 6.07) is 2.32. The Morgan fingerprint density at radius 1 is 1.50 bits per heavy atom. The molecule has 0 atom stereocenters. The molecule has 12 heavy (non-hydrogen) atoms. The fourth-order valence-corrected chi connectivity index (χ4v) is 1.50. The molecule has 0 saturated carbocycles. The van der Waals surface area contributed by atoms with Gasteiger partial charge in [0.15, 0.2) is 0 Å².